The van der Waals surface area contributed by atoms with Gasteiger partial charge in [0.15, 0.2) is 17.3 Å². The van der Waals surface area contributed by atoms with Gasteiger partial charge in [0.2, 0.25) is 23.0 Å². The van der Waals surface area contributed by atoms with Crippen LogP contribution in [0.5, 0.6) is 17.2 Å². The normalized spacial score (nSPS) is 16.4. The van der Waals surface area contributed by atoms with Crippen LogP contribution in [-0.2, 0) is 16.0 Å². The summed E-state index contributed by atoms with van der Waals surface area (Å²) in [5.41, 5.74) is 2.89. The number of rotatable bonds is 8. The molecule has 45 heavy (non-hydrogen) atoms. The minimum Gasteiger partial charge on any atom is -0.493 e. The van der Waals surface area contributed by atoms with Gasteiger partial charge in [0.1, 0.15) is 6.04 Å². The fraction of sp³-hybridized carbons (Fsp3) is 0.394. The quantitative estimate of drug-likeness (QED) is 0.390. The van der Waals surface area contributed by atoms with Crippen molar-refractivity contribution in [2.75, 3.05) is 52.8 Å². The summed E-state index contributed by atoms with van der Waals surface area (Å²) in [5, 5.41) is 6.10. The Morgan fingerprint density at radius 3 is 2.29 bits per heavy atom. The van der Waals surface area contributed by atoms with Crippen LogP contribution in [0.4, 0.5) is 5.69 Å². The maximum Gasteiger partial charge on any atom is 0.289 e. The maximum atomic E-state index is 13.7. The second-order valence-electron chi connectivity index (χ2n) is 11.1. The average Bonchev–Trinajstić information content (AvgIpc) is 3.49. The van der Waals surface area contributed by atoms with E-state index in [0.717, 1.165) is 11.1 Å². The molecule has 3 amide bonds. The van der Waals surface area contributed by atoms with Crippen molar-refractivity contribution in [3.8, 4) is 28.4 Å². The summed E-state index contributed by atoms with van der Waals surface area (Å²) in [6, 6.07) is 8.98. The van der Waals surface area contributed by atoms with E-state index >= 15 is 0 Å². The Morgan fingerprint density at radius 1 is 0.956 bits per heavy atom. The van der Waals surface area contributed by atoms with Gasteiger partial charge in [-0.15, -0.1) is 0 Å². The van der Waals surface area contributed by atoms with Crippen LogP contribution in [-0.4, -0.2) is 81.1 Å². The molecule has 2 atom stereocenters. The van der Waals surface area contributed by atoms with Crippen molar-refractivity contribution >= 4 is 23.4 Å². The standard InChI is InChI=1S/C33H38N4O8/c1-19(32(40)36-12-14-37(15-13-36)33(41)27-7-6-16-45-27)34-25-11-9-22-23(18-26(25)39)24(35-20(2)38)10-8-21-17-28(42-3)30(43-4)31(44-5)29(21)22/h6-7,9,11,16-19,24H,8,10,12-15H2,1-5H3,(H,34,39)(H,35,38)/t19-,24-/m1/s1. The molecular formula is C33H38N4O8. The Labute approximate surface area is 261 Å². The summed E-state index contributed by atoms with van der Waals surface area (Å²) in [7, 11) is 4.63. The first-order valence-electron chi connectivity index (χ1n) is 14.8. The smallest absolute Gasteiger partial charge is 0.289 e. The number of nitrogens with one attached hydrogen (secondary N) is 2. The number of ether oxygens (including phenoxy) is 3. The molecule has 1 aliphatic carbocycles. The number of hydrogen-bond acceptors (Lipinski definition) is 9. The Bertz CT molecular complexity index is 1650. The lowest BCUT2D eigenvalue weighted by molar-refractivity contribution is -0.133. The van der Waals surface area contributed by atoms with Gasteiger partial charge >= 0.3 is 0 Å². The molecule has 2 N–H and O–H groups in total. The average molecular weight is 619 g/mol. The Kier molecular flexibility index (Phi) is 9.31. The summed E-state index contributed by atoms with van der Waals surface area (Å²) < 4.78 is 22.3. The van der Waals surface area contributed by atoms with Crippen LogP contribution >= 0.6 is 0 Å². The van der Waals surface area contributed by atoms with Crippen molar-refractivity contribution in [2.45, 2.75) is 38.8 Å². The van der Waals surface area contributed by atoms with Crippen molar-refractivity contribution < 1.29 is 33.0 Å². The monoisotopic (exact) mass is 618 g/mol. The van der Waals surface area contributed by atoms with Gasteiger partial charge < -0.3 is 39.1 Å². The van der Waals surface area contributed by atoms with Crippen molar-refractivity contribution in [1.29, 1.82) is 0 Å². The SMILES string of the molecule is COc1cc2c(c(OC)c1OC)-c1ccc(N[C@H](C)C(=O)N3CCN(C(=O)c4ccco4)CC3)c(=O)cc1[C@H](NC(C)=O)CC2. The first-order chi connectivity index (χ1) is 21.7. The fourth-order valence-electron chi connectivity index (χ4n) is 6.08. The second-order valence-corrected chi connectivity index (χ2v) is 11.1. The first kappa shape index (κ1) is 31.4. The zero-order valence-corrected chi connectivity index (χ0v) is 26.1. The van der Waals surface area contributed by atoms with E-state index in [1.54, 1.807) is 49.1 Å². The van der Waals surface area contributed by atoms with E-state index < -0.39 is 12.1 Å². The van der Waals surface area contributed by atoms with E-state index in [0.29, 0.717) is 67.4 Å². The number of hydrogen-bond donors (Lipinski definition) is 2. The molecule has 238 valence electrons. The lowest BCUT2D eigenvalue weighted by Crippen LogP contribution is -2.53. The van der Waals surface area contributed by atoms with E-state index in [-0.39, 0.29) is 34.6 Å². The van der Waals surface area contributed by atoms with Gasteiger partial charge in [0.25, 0.3) is 5.91 Å². The second kappa shape index (κ2) is 13.3. The molecule has 5 rings (SSSR count). The predicted molar refractivity (Wildman–Crippen MR) is 167 cm³/mol. The number of nitrogens with zero attached hydrogens (tertiary/aromatic N) is 2. The molecule has 0 saturated carbocycles. The van der Waals surface area contributed by atoms with Crippen LogP contribution in [0.15, 0.2) is 51.9 Å². The Balaban J connectivity index is 1.44. The number of fused-ring (bicyclic) bond motifs is 3. The van der Waals surface area contributed by atoms with Crippen molar-refractivity contribution in [3.05, 3.63) is 69.8 Å². The van der Waals surface area contributed by atoms with Gasteiger partial charge in [-0.3, -0.25) is 19.2 Å². The summed E-state index contributed by atoms with van der Waals surface area (Å²) >= 11 is 0. The maximum absolute atomic E-state index is 13.7. The number of amides is 3. The summed E-state index contributed by atoms with van der Waals surface area (Å²) in [6.45, 7) is 4.61. The summed E-state index contributed by atoms with van der Waals surface area (Å²) in [5.74, 6) is 1.03. The van der Waals surface area contributed by atoms with Crippen LogP contribution in [0.2, 0.25) is 0 Å². The van der Waals surface area contributed by atoms with Gasteiger partial charge in [-0.2, -0.15) is 0 Å². The molecule has 12 heteroatoms. The highest BCUT2D eigenvalue weighted by atomic mass is 16.5. The Morgan fingerprint density at radius 2 is 1.67 bits per heavy atom. The number of carbonyl (C=O) groups excluding carboxylic acids is 3. The molecule has 12 nitrogen and oxygen atoms in total. The highest BCUT2D eigenvalue weighted by Crippen LogP contribution is 2.50. The number of methoxy groups -OCH3 is 3. The minimum atomic E-state index is -0.718. The molecule has 1 fully saturated rings. The molecule has 2 heterocycles. The number of benzene rings is 1. The van der Waals surface area contributed by atoms with E-state index in [1.807, 2.05) is 12.1 Å². The van der Waals surface area contributed by atoms with Crippen molar-refractivity contribution in [3.63, 3.8) is 0 Å². The Hall–Kier alpha value is -5.00. The molecule has 0 bridgehead atoms. The molecule has 3 aromatic rings. The van der Waals surface area contributed by atoms with Crippen molar-refractivity contribution in [1.82, 2.24) is 15.1 Å². The molecule has 1 aliphatic heterocycles. The number of piperazine rings is 1. The number of anilines is 1. The number of carbonyl (C=O) groups is 3. The van der Waals surface area contributed by atoms with Gasteiger partial charge in [0, 0.05) is 38.7 Å². The highest BCUT2D eigenvalue weighted by Gasteiger charge is 2.31. The molecule has 1 saturated heterocycles. The zero-order valence-electron chi connectivity index (χ0n) is 26.1. The van der Waals surface area contributed by atoms with Gasteiger partial charge in [-0.25, -0.2) is 0 Å². The molecule has 0 unspecified atom stereocenters. The van der Waals surface area contributed by atoms with Crippen LogP contribution in [0.3, 0.4) is 0 Å². The molecule has 1 aromatic heterocycles. The minimum absolute atomic E-state index is 0.187. The van der Waals surface area contributed by atoms with Gasteiger partial charge in [-0.05, 0) is 66.8 Å². The molecular weight excluding hydrogens is 580 g/mol. The summed E-state index contributed by atoms with van der Waals surface area (Å²) in [6.07, 6.45) is 2.57. The topological polar surface area (TPSA) is 140 Å². The van der Waals surface area contributed by atoms with E-state index in [9.17, 15) is 19.2 Å². The largest absolute Gasteiger partial charge is 0.493 e. The van der Waals surface area contributed by atoms with Crippen LogP contribution in [0, 0.1) is 0 Å². The molecule has 2 aliphatic rings. The number of aryl methyl sites for hydroxylation is 1. The lowest BCUT2D eigenvalue weighted by atomic mass is 9.95. The van der Waals surface area contributed by atoms with Gasteiger partial charge in [-0.1, -0.05) is 6.07 Å². The van der Waals surface area contributed by atoms with Gasteiger partial charge in [0.05, 0.1) is 39.3 Å². The first-order valence-corrected chi connectivity index (χ1v) is 14.8. The zero-order chi connectivity index (χ0) is 32.2. The van der Waals surface area contributed by atoms with E-state index in [2.05, 4.69) is 10.6 Å². The van der Waals surface area contributed by atoms with Crippen LogP contribution < -0.4 is 30.3 Å². The third-order valence-electron chi connectivity index (χ3n) is 8.27. The number of furan rings is 1. The van der Waals surface area contributed by atoms with Crippen molar-refractivity contribution in [2.24, 2.45) is 0 Å². The predicted octanol–water partition coefficient (Wildman–Crippen LogP) is 3.24. The summed E-state index contributed by atoms with van der Waals surface area (Å²) in [4.78, 5) is 55.2. The van der Waals surface area contributed by atoms with E-state index in [4.69, 9.17) is 18.6 Å². The molecule has 0 spiro atoms. The van der Waals surface area contributed by atoms with E-state index in [1.165, 1.54) is 26.4 Å². The third kappa shape index (κ3) is 6.31. The third-order valence-corrected chi connectivity index (χ3v) is 8.27. The fourth-order valence-corrected chi connectivity index (χ4v) is 6.08. The molecule has 0 radical (unpaired) electrons. The molecule has 2 aromatic carbocycles. The van der Waals surface area contributed by atoms with Crippen LogP contribution in [0.25, 0.3) is 11.1 Å². The lowest BCUT2D eigenvalue weighted by Gasteiger charge is -2.35. The van der Waals surface area contributed by atoms with Crippen LogP contribution in [0.1, 0.15) is 48.0 Å². The highest BCUT2D eigenvalue weighted by molar-refractivity contribution is 5.92.